The van der Waals surface area contributed by atoms with Gasteiger partial charge in [-0.15, -0.1) is 0 Å². The second-order valence-electron chi connectivity index (χ2n) is 4.47. The molecule has 0 saturated heterocycles. The van der Waals surface area contributed by atoms with Crippen molar-refractivity contribution in [2.45, 2.75) is 19.9 Å². The third kappa shape index (κ3) is 11.8. The molecule has 7 nitrogen and oxygen atoms in total. The molecule has 0 radical (unpaired) electrons. The van der Waals surface area contributed by atoms with Crippen molar-refractivity contribution in [1.82, 2.24) is 5.32 Å². The summed E-state index contributed by atoms with van der Waals surface area (Å²) in [5, 5.41) is 2.80. The van der Waals surface area contributed by atoms with Crippen LogP contribution in [0.25, 0.3) is 0 Å². The van der Waals surface area contributed by atoms with Gasteiger partial charge in [0.15, 0.2) is 0 Å². The summed E-state index contributed by atoms with van der Waals surface area (Å²) in [6.45, 7) is 9.44. The third-order valence-corrected chi connectivity index (χ3v) is 3.38. The molecule has 114 valence electrons. The predicted molar refractivity (Wildman–Crippen MR) is 72.0 cm³/mol. The fraction of sp³-hybridized carbons (Fsp3) is 0.727. The normalized spacial score (nSPS) is 12.9. The van der Waals surface area contributed by atoms with E-state index in [1.54, 1.807) is 0 Å². The number of amides is 1. The molecule has 0 saturated carbocycles. The Hall–Kier alpha value is -0.960. The Kier molecular flexibility index (Phi) is 9.67. The van der Waals surface area contributed by atoms with E-state index in [-0.39, 0.29) is 5.91 Å². The summed E-state index contributed by atoms with van der Waals surface area (Å²) >= 11 is 0. The maximum absolute atomic E-state index is 10.9. The fourth-order valence-electron chi connectivity index (χ4n) is 0.879. The van der Waals surface area contributed by atoms with Crippen molar-refractivity contribution in [3.05, 3.63) is 12.7 Å². The molecule has 1 unspecified atom stereocenters. The fourth-order valence-corrected chi connectivity index (χ4v) is 0.879. The van der Waals surface area contributed by atoms with E-state index in [2.05, 4.69) is 44.0 Å². The van der Waals surface area contributed by atoms with Gasteiger partial charge in [-0.2, -0.15) is 0 Å². The van der Waals surface area contributed by atoms with Gasteiger partial charge in [0.1, 0.15) is 6.04 Å². The van der Waals surface area contributed by atoms with Crippen LogP contribution < -0.4 is 5.32 Å². The van der Waals surface area contributed by atoms with Gasteiger partial charge in [0.2, 0.25) is 16.3 Å². The van der Waals surface area contributed by atoms with E-state index in [1.165, 1.54) is 6.08 Å². The Morgan fingerprint density at radius 3 is 2.21 bits per heavy atom. The lowest BCUT2D eigenvalue weighted by Crippen LogP contribution is -2.52. The molecule has 1 N–H and O–H groups in total. The molecular weight excluding hydrogens is 272 g/mol. The van der Waals surface area contributed by atoms with Crippen LogP contribution >= 0.6 is 0 Å². The van der Waals surface area contributed by atoms with E-state index in [0.717, 1.165) is 18.1 Å². The topological polar surface area (TPSA) is 95.5 Å². The van der Waals surface area contributed by atoms with Crippen LogP contribution in [-0.4, -0.2) is 63.7 Å². The van der Waals surface area contributed by atoms with Crippen LogP contribution in [0.3, 0.4) is 0 Å². The van der Waals surface area contributed by atoms with Gasteiger partial charge >= 0.3 is 0 Å². The lowest BCUT2D eigenvalue weighted by atomic mass is 10.2. The lowest BCUT2D eigenvalue weighted by Gasteiger charge is -2.35. The van der Waals surface area contributed by atoms with Crippen LogP contribution in [0.2, 0.25) is 0 Å². The maximum Gasteiger partial charge on any atom is 0.243 e. The van der Waals surface area contributed by atoms with Crippen LogP contribution in [0.4, 0.5) is 0 Å². The molecule has 0 bridgehead atoms. The molecule has 0 heterocycles. The molecular formula is C11H24N2O5S. The number of carbonyl (C=O) groups is 1. The quantitative estimate of drug-likeness (QED) is 0.319. The van der Waals surface area contributed by atoms with E-state index in [4.69, 9.17) is 0 Å². The molecule has 1 amide bonds. The SMILES string of the molecule is C=CC(=O)NCC(C)[N+](C)(C)CC.COS(=O)(=O)[O-]. The van der Waals surface area contributed by atoms with Gasteiger partial charge in [0, 0.05) is 0 Å². The molecule has 8 heteroatoms. The Bertz CT molecular complexity index is 379. The minimum atomic E-state index is -4.41. The van der Waals surface area contributed by atoms with Gasteiger partial charge in [0.25, 0.3) is 0 Å². The highest BCUT2D eigenvalue weighted by molar-refractivity contribution is 7.80. The van der Waals surface area contributed by atoms with Crippen molar-refractivity contribution in [1.29, 1.82) is 0 Å². The summed E-state index contributed by atoms with van der Waals surface area (Å²) in [6, 6.07) is 0.425. The summed E-state index contributed by atoms with van der Waals surface area (Å²) in [5.41, 5.74) is 0. The van der Waals surface area contributed by atoms with Crippen molar-refractivity contribution in [3.63, 3.8) is 0 Å². The van der Waals surface area contributed by atoms with Crippen LogP contribution in [0.15, 0.2) is 12.7 Å². The Morgan fingerprint density at radius 2 is 1.95 bits per heavy atom. The summed E-state index contributed by atoms with van der Waals surface area (Å²) < 4.78 is 31.9. The number of hydrogen-bond donors (Lipinski definition) is 1. The van der Waals surface area contributed by atoms with Crippen molar-refractivity contribution in [3.8, 4) is 0 Å². The number of hydrogen-bond acceptors (Lipinski definition) is 5. The monoisotopic (exact) mass is 296 g/mol. The van der Waals surface area contributed by atoms with Crippen LogP contribution in [-0.2, 0) is 19.4 Å². The average Bonchev–Trinajstić information content (AvgIpc) is 2.35. The summed E-state index contributed by atoms with van der Waals surface area (Å²) in [5.74, 6) is -0.0945. The predicted octanol–water partition coefficient (Wildman–Crippen LogP) is -0.134. The van der Waals surface area contributed by atoms with E-state index < -0.39 is 10.4 Å². The molecule has 0 rings (SSSR count). The molecule has 0 aliphatic carbocycles. The first-order valence-corrected chi connectivity index (χ1v) is 7.07. The molecule has 0 aliphatic rings. The number of nitrogens with one attached hydrogen (secondary N) is 1. The number of carbonyl (C=O) groups excluding carboxylic acids is 1. The van der Waals surface area contributed by atoms with Crippen molar-refractivity contribution in [2.24, 2.45) is 0 Å². The zero-order chi connectivity index (χ0) is 15.7. The minimum absolute atomic E-state index is 0.0945. The van der Waals surface area contributed by atoms with E-state index in [0.29, 0.717) is 12.6 Å². The summed E-state index contributed by atoms with van der Waals surface area (Å²) in [4.78, 5) is 10.9. The molecule has 0 fully saturated rings. The van der Waals surface area contributed by atoms with E-state index >= 15 is 0 Å². The smallest absolute Gasteiger partial charge is 0.243 e. The highest BCUT2D eigenvalue weighted by atomic mass is 32.3. The van der Waals surface area contributed by atoms with Crippen molar-refractivity contribution >= 4 is 16.3 Å². The van der Waals surface area contributed by atoms with Gasteiger partial charge in [-0.05, 0) is 19.9 Å². The largest absolute Gasteiger partial charge is 0.726 e. The number of nitrogens with zero attached hydrogens (tertiary/aromatic N) is 1. The Balaban J connectivity index is 0. The molecule has 1 atom stereocenters. The Labute approximate surface area is 115 Å². The minimum Gasteiger partial charge on any atom is -0.726 e. The van der Waals surface area contributed by atoms with Crippen molar-refractivity contribution < 1.29 is 26.4 Å². The lowest BCUT2D eigenvalue weighted by molar-refractivity contribution is -0.910. The first-order valence-electron chi connectivity index (χ1n) is 5.74. The van der Waals surface area contributed by atoms with Crippen LogP contribution in [0.1, 0.15) is 13.8 Å². The maximum atomic E-state index is 10.9. The van der Waals surface area contributed by atoms with Gasteiger partial charge in [-0.3, -0.25) is 8.98 Å². The zero-order valence-electron chi connectivity index (χ0n) is 12.2. The molecule has 0 aromatic heterocycles. The van der Waals surface area contributed by atoms with Gasteiger partial charge < -0.3 is 14.4 Å². The van der Waals surface area contributed by atoms with E-state index in [9.17, 15) is 17.8 Å². The second-order valence-corrected chi connectivity index (χ2v) is 5.62. The summed E-state index contributed by atoms with van der Waals surface area (Å²) in [7, 11) is 0.711. The molecule has 0 aromatic carbocycles. The van der Waals surface area contributed by atoms with Crippen LogP contribution in [0.5, 0.6) is 0 Å². The standard InChI is InChI=1S/C10H20N2O.CH4O4S/c1-6-10(13)11-8-9(3)12(4,5)7-2;1-5-6(2,3)4/h6,9H,1,7-8H2,2-5H3;1H3,(H,2,3,4). The summed E-state index contributed by atoms with van der Waals surface area (Å²) in [6.07, 6.45) is 1.30. The first kappa shape index (κ1) is 20.4. The van der Waals surface area contributed by atoms with Crippen molar-refractivity contribution in [2.75, 3.05) is 34.3 Å². The average molecular weight is 296 g/mol. The van der Waals surface area contributed by atoms with E-state index in [1.807, 2.05) is 0 Å². The van der Waals surface area contributed by atoms with Gasteiger partial charge in [0.05, 0.1) is 34.3 Å². The van der Waals surface area contributed by atoms with Gasteiger partial charge in [-0.1, -0.05) is 6.58 Å². The molecule has 0 spiro atoms. The zero-order valence-corrected chi connectivity index (χ0v) is 13.0. The molecule has 19 heavy (non-hydrogen) atoms. The number of rotatable bonds is 6. The van der Waals surface area contributed by atoms with Crippen LogP contribution in [0, 0.1) is 0 Å². The third-order valence-electron chi connectivity index (χ3n) is 2.97. The molecule has 0 aromatic rings. The second kappa shape index (κ2) is 9.03. The highest BCUT2D eigenvalue weighted by Gasteiger charge is 2.21. The first-order chi connectivity index (χ1) is 8.50. The number of quaternary nitrogens is 1. The molecule has 0 aliphatic heterocycles. The number of likely N-dealkylation sites (N-methyl/N-ethyl adjacent to an activating group) is 1. The van der Waals surface area contributed by atoms with Gasteiger partial charge in [-0.25, -0.2) is 8.42 Å². The Morgan fingerprint density at radius 1 is 1.53 bits per heavy atom. The highest BCUT2D eigenvalue weighted by Crippen LogP contribution is 2.03.